The first-order chi connectivity index (χ1) is 11.4. The van der Waals surface area contributed by atoms with Gasteiger partial charge in [0, 0.05) is 16.5 Å². The van der Waals surface area contributed by atoms with Crippen LogP contribution in [0.4, 0.5) is 0 Å². The number of aryl methyl sites for hydroxylation is 1. The van der Waals surface area contributed by atoms with Gasteiger partial charge < -0.3 is 5.11 Å². The average molecular weight is 337 g/mol. The molecule has 1 heterocycles. The Balaban J connectivity index is 2.11. The molecule has 1 aromatic heterocycles. The van der Waals surface area contributed by atoms with E-state index in [1.54, 1.807) is 20.0 Å². The van der Waals surface area contributed by atoms with Crippen molar-refractivity contribution in [2.24, 2.45) is 0 Å². The first-order valence-corrected chi connectivity index (χ1v) is 8.57. The first kappa shape index (κ1) is 16.5. The van der Waals surface area contributed by atoms with E-state index in [0.717, 1.165) is 26.9 Å². The summed E-state index contributed by atoms with van der Waals surface area (Å²) < 4.78 is -0.895. The minimum atomic E-state index is -0.895. The summed E-state index contributed by atoms with van der Waals surface area (Å²) in [5.41, 5.74) is 4.33. The van der Waals surface area contributed by atoms with Crippen molar-refractivity contribution in [1.82, 2.24) is 4.98 Å². The molecule has 0 aliphatic heterocycles. The number of carbonyl (C=O) groups is 1. The SMILES string of the molecule is Cc1cccc(-c2ccc3nccc(SC(C)(C)C(=O)O)c3c2)c1. The Kier molecular flexibility index (Phi) is 4.33. The molecule has 0 aliphatic carbocycles. The summed E-state index contributed by atoms with van der Waals surface area (Å²) >= 11 is 1.35. The van der Waals surface area contributed by atoms with Gasteiger partial charge in [0.2, 0.25) is 0 Å². The van der Waals surface area contributed by atoms with E-state index in [4.69, 9.17) is 0 Å². The van der Waals surface area contributed by atoms with Gasteiger partial charge in [0.05, 0.1) is 5.52 Å². The zero-order valence-electron chi connectivity index (χ0n) is 13.9. The standard InChI is InChI=1S/C20H19NO2S/c1-13-5-4-6-14(11-13)15-7-8-17-16(12-15)18(9-10-21-17)24-20(2,3)19(22)23/h4-12H,1-3H3,(H,22,23). The molecule has 0 saturated heterocycles. The number of aromatic nitrogens is 1. The van der Waals surface area contributed by atoms with Crippen LogP contribution in [0.15, 0.2) is 59.6 Å². The summed E-state index contributed by atoms with van der Waals surface area (Å²) in [5, 5.41) is 10.4. The van der Waals surface area contributed by atoms with Crippen LogP contribution in [0.25, 0.3) is 22.0 Å². The molecule has 4 heteroatoms. The molecule has 1 N–H and O–H groups in total. The Morgan fingerprint density at radius 1 is 1.08 bits per heavy atom. The third kappa shape index (κ3) is 3.29. The number of thioether (sulfide) groups is 1. The molecule has 0 fully saturated rings. The van der Waals surface area contributed by atoms with Gasteiger partial charge in [0.25, 0.3) is 0 Å². The summed E-state index contributed by atoms with van der Waals surface area (Å²) in [6, 6.07) is 16.4. The second-order valence-corrected chi connectivity index (χ2v) is 7.99. The van der Waals surface area contributed by atoms with Gasteiger partial charge in [-0.05, 0) is 50.1 Å². The molecule has 0 radical (unpaired) electrons. The highest BCUT2D eigenvalue weighted by atomic mass is 32.2. The van der Waals surface area contributed by atoms with Crippen molar-refractivity contribution in [3.63, 3.8) is 0 Å². The van der Waals surface area contributed by atoms with E-state index in [1.165, 1.54) is 17.3 Å². The molecule has 0 spiro atoms. The highest BCUT2D eigenvalue weighted by molar-refractivity contribution is 8.01. The summed E-state index contributed by atoms with van der Waals surface area (Å²) in [7, 11) is 0. The van der Waals surface area contributed by atoms with Gasteiger partial charge in [0.1, 0.15) is 4.75 Å². The van der Waals surface area contributed by atoms with E-state index in [2.05, 4.69) is 42.2 Å². The molecular formula is C20H19NO2S. The van der Waals surface area contributed by atoms with E-state index in [9.17, 15) is 9.90 Å². The molecule has 2 aromatic carbocycles. The fraction of sp³-hybridized carbons (Fsp3) is 0.200. The van der Waals surface area contributed by atoms with Crippen LogP contribution in [-0.4, -0.2) is 20.8 Å². The fourth-order valence-electron chi connectivity index (χ4n) is 2.53. The maximum atomic E-state index is 11.5. The number of hydrogen-bond acceptors (Lipinski definition) is 3. The number of aliphatic carboxylic acids is 1. The quantitative estimate of drug-likeness (QED) is 0.668. The van der Waals surface area contributed by atoms with Gasteiger partial charge in [0.15, 0.2) is 0 Å². The number of fused-ring (bicyclic) bond motifs is 1. The number of benzene rings is 2. The lowest BCUT2D eigenvalue weighted by atomic mass is 10.0. The van der Waals surface area contributed by atoms with Gasteiger partial charge in [-0.1, -0.05) is 35.9 Å². The smallest absolute Gasteiger partial charge is 0.319 e. The third-order valence-electron chi connectivity index (χ3n) is 3.93. The molecule has 3 rings (SSSR count). The van der Waals surface area contributed by atoms with Crippen LogP contribution < -0.4 is 0 Å². The van der Waals surface area contributed by atoms with Gasteiger partial charge in [-0.3, -0.25) is 9.78 Å². The summed E-state index contributed by atoms with van der Waals surface area (Å²) in [5.74, 6) is -0.827. The molecule has 0 atom stereocenters. The summed E-state index contributed by atoms with van der Waals surface area (Å²) in [6.07, 6.45) is 1.73. The van der Waals surface area contributed by atoms with Crippen LogP contribution in [0.1, 0.15) is 19.4 Å². The van der Waals surface area contributed by atoms with Crippen molar-refractivity contribution in [2.75, 3.05) is 0 Å². The van der Waals surface area contributed by atoms with Crippen LogP contribution in [0.3, 0.4) is 0 Å². The second kappa shape index (κ2) is 6.29. The maximum Gasteiger partial charge on any atom is 0.319 e. The summed E-state index contributed by atoms with van der Waals surface area (Å²) in [4.78, 5) is 16.8. The Morgan fingerprint density at radius 3 is 2.54 bits per heavy atom. The predicted octanol–water partition coefficient (Wildman–Crippen LogP) is 5.17. The van der Waals surface area contributed by atoms with Crippen LogP contribution >= 0.6 is 11.8 Å². The Labute approximate surface area is 145 Å². The normalized spacial score (nSPS) is 11.6. The average Bonchev–Trinajstić information content (AvgIpc) is 2.54. The van der Waals surface area contributed by atoms with E-state index in [-0.39, 0.29) is 0 Å². The number of carboxylic acids is 1. The third-order valence-corrected chi connectivity index (χ3v) is 5.19. The number of nitrogens with zero attached hydrogens (tertiary/aromatic N) is 1. The van der Waals surface area contributed by atoms with Crippen LogP contribution in [-0.2, 0) is 4.79 Å². The van der Waals surface area contributed by atoms with Crippen LogP contribution in [0.5, 0.6) is 0 Å². The maximum absolute atomic E-state index is 11.5. The molecule has 0 unspecified atom stereocenters. The lowest BCUT2D eigenvalue weighted by molar-refractivity contribution is -0.138. The van der Waals surface area contributed by atoms with Crippen molar-refractivity contribution in [2.45, 2.75) is 30.4 Å². The molecule has 0 bridgehead atoms. The number of pyridine rings is 1. The number of hydrogen-bond donors (Lipinski definition) is 1. The van der Waals surface area contributed by atoms with Crippen molar-refractivity contribution in [3.05, 3.63) is 60.3 Å². The minimum Gasteiger partial charge on any atom is -0.480 e. The fourth-order valence-corrected chi connectivity index (χ4v) is 3.57. The Morgan fingerprint density at radius 2 is 1.83 bits per heavy atom. The van der Waals surface area contributed by atoms with E-state index < -0.39 is 10.7 Å². The lowest BCUT2D eigenvalue weighted by Crippen LogP contribution is -2.26. The highest BCUT2D eigenvalue weighted by Crippen LogP contribution is 2.37. The molecule has 24 heavy (non-hydrogen) atoms. The molecule has 122 valence electrons. The van der Waals surface area contributed by atoms with Gasteiger partial charge in [-0.15, -0.1) is 11.8 Å². The first-order valence-electron chi connectivity index (χ1n) is 7.75. The molecule has 3 aromatic rings. The largest absolute Gasteiger partial charge is 0.480 e. The van der Waals surface area contributed by atoms with Crippen LogP contribution in [0.2, 0.25) is 0 Å². The lowest BCUT2D eigenvalue weighted by Gasteiger charge is -2.19. The minimum absolute atomic E-state index is 0.827. The van der Waals surface area contributed by atoms with E-state index in [1.807, 2.05) is 18.2 Å². The highest BCUT2D eigenvalue weighted by Gasteiger charge is 2.29. The topological polar surface area (TPSA) is 50.2 Å². The van der Waals surface area contributed by atoms with Gasteiger partial charge in [-0.25, -0.2) is 0 Å². The van der Waals surface area contributed by atoms with Crippen LogP contribution in [0, 0.1) is 6.92 Å². The number of rotatable bonds is 4. The van der Waals surface area contributed by atoms with Gasteiger partial charge in [-0.2, -0.15) is 0 Å². The van der Waals surface area contributed by atoms with Crippen molar-refractivity contribution in [1.29, 1.82) is 0 Å². The van der Waals surface area contributed by atoms with Crippen molar-refractivity contribution < 1.29 is 9.90 Å². The molecule has 0 amide bonds. The second-order valence-electron chi connectivity index (χ2n) is 6.33. The Hall–Kier alpha value is -2.33. The Bertz CT molecular complexity index is 918. The summed E-state index contributed by atoms with van der Waals surface area (Å²) in [6.45, 7) is 5.51. The molecule has 0 aliphatic rings. The number of carboxylic acid groups (broad SMARTS) is 1. The molecule has 0 saturated carbocycles. The van der Waals surface area contributed by atoms with Crippen molar-refractivity contribution >= 4 is 28.6 Å². The predicted molar refractivity (Wildman–Crippen MR) is 99.5 cm³/mol. The monoisotopic (exact) mass is 337 g/mol. The van der Waals surface area contributed by atoms with Gasteiger partial charge >= 0.3 is 5.97 Å². The van der Waals surface area contributed by atoms with E-state index in [0.29, 0.717) is 0 Å². The zero-order chi connectivity index (χ0) is 17.3. The zero-order valence-corrected chi connectivity index (χ0v) is 14.7. The van der Waals surface area contributed by atoms with Crippen molar-refractivity contribution in [3.8, 4) is 11.1 Å². The van der Waals surface area contributed by atoms with E-state index >= 15 is 0 Å². The molecule has 3 nitrogen and oxygen atoms in total. The molecular weight excluding hydrogens is 318 g/mol.